The zero-order valence-electron chi connectivity index (χ0n) is 11.6. The van der Waals surface area contributed by atoms with Crippen molar-refractivity contribution in [2.75, 3.05) is 10.6 Å². The first kappa shape index (κ1) is 16.6. The van der Waals surface area contributed by atoms with Crippen LogP contribution >= 0.6 is 15.9 Å². The van der Waals surface area contributed by atoms with Crippen molar-refractivity contribution in [2.24, 2.45) is 0 Å². The van der Waals surface area contributed by atoms with Crippen molar-refractivity contribution in [3.05, 3.63) is 70.3 Å². The molecule has 0 aliphatic rings. The molecule has 0 spiro atoms. The van der Waals surface area contributed by atoms with Crippen LogP contribution < -0.4 is 10.6 Å². The number of carbonyl (C=O) groups excluding carboxylic acids is 1. The quantitative estimate of drug-likeness (QED) is 0.620. The largest absolute Gasteiger partial charge is 0.355 e. The van der Waals surface area contributed by atoms with E-state index >= 15 is 0 Å². The molecule has 0 unspecified atom stereocenters. The van der Waals surface area contributed by atoms with Gasteiger partial charge in [-0.3, -0.25) is 4.79 Å². The Bertz CT molecular complexity index is 778. The average molecular weight is 378 g/mol. The normalized spacial score (nSPS) is 10.8. The third-order valence-corrected chi connectivity index (χ3v) is 3.32. The molecule has 0 heterocycles. The van der Waals surface area contributed by atoms with Gasteiger partial charge in [0, 0.05) is 16.4 Å². The molecule has 0 radical (unpaired) electrons. The second-order valence-corrected chi connectivity index (χ2v) is 5.29. The molecule has 0 aromatic heterocycles. The van der Waals surface area contributed by atoms with Crippen LogP contribution in [0.1, 0.15) is 0 Å². The predicted molar refractivity (Wildman–Crippen MR) is 86.4 cm³/mol. The molecule has 2 aromatic rings. The molecular formula is C16H10BrF2N3O. The van der Waals surface area contributed by atoms with E-state index in [0.717, 1.165) is 22.8 Å². The molecule has 0 aliphatic heterocycles. The number of hydrogen-bond acceptors (Lipinski definition) is 3. The summed E-state index contributed by atoms with van der Waals surface area (Å²) < 4.78 is 27.8. The third-order valence-electron chi connectivity index (χ3n) is 2.79. The summed E-state index contributed by atoms with van der Waals surface area (Å²) in [6, 6.07) is 11.7. The molecule has 1 amide bonds. The Kier molecular flexibility index (Phi) is 5.44. The molecular weight excluding hydrogens is 368 g/mol. The maximum absolute atomic E-state index is 13.5. The lowest BCUT2D eigenvalue weighted by molar-refractivity contribution is -0.112. The Morgan fingerprint density at radius 2 is 1.74 bits per heavy atom. The Balaban J connectivity index is 2.14. The first-order valence-electron chi connectivity index (χ1n) is 6.39. The fourth-order valence-electron chi connectivity index (χ4n) is 1.66. The van der Waals surface area contributed by atoms with Crippen molar-refractivity contribution in [3.8, 4) is 6.07 Å². The first-order chi connectivity index (χ1) is 11.0. The van der Waals surface area contributed by atoms with Crippen molar-refractivity contribution in [2.45, 2.75) is 0 Å². The fraction of sp³-hybridized carbons (Fsp3) is 0. The minimum Gasteiger partial charge on any atom is -0.355 e. The summed E-state index contributed by atoms with van der Waals surface area (Å²) in [5.74, 6) is -2.35. The van der Waals surface area contributed by atoms with E-state index in [0.29, 0.717) is 5.69 Å². The van der Waals surface area contributed by atoms with E-state index in [1.54, 1.807) is 30.3 Å². The van der Waals surface area contributed by atoms with Gasteiger partial charge >= 0.3 is 0 Å². The number of nitrogens with one attached hydrogen (secondary N) is 2. The molecule has 2 aromatic carbocycles. The highest BCUT2D eigenvalue weighted by atomic mass is 79.9. The number of rotatable bonds is 4. The zero-order chi connectivity index (χ0) is 16.8. The summed E-state index contributed by atoms with van der Waals surface area (Å²) >= 11 is 3.26. The highest BCUT2D eigenvalue weighted by Gasteiger charge is 2.11. The number of benzene rings is 2. The number of carbonyl (C=O) groups is 1. The summed E-state index contributed by atoms with van der Waals surface area (Å²) in [7, 11) is 0. The smallest absolute Gasteiger partial charge is 0.267 e. The standard InChI is InChI=1S/C16H10BrF2N3O/c17-11-4-6-12(7-5-11)22-16(23)10(8-20)9-21-15-13(18)2-1-3-14(15)19/h1-7,9,21H,(H,22,23)/b10-9-. The molecule has 2 N–H and O–H groups in total. The number of halogens is 3. The van der Waals surface area contributed by atoms with Crippen LogP contribution in [0, 0.1) is 23.0 Å². The molecule has 116 valence electrons. The lowest BCUT2D eigenvalue weighted by Gasteiger charge is -2.06. The lowest BCUT2D eigenvalue weighted by atomic mass is 10.2. The van der Waals surface area contributed by atoms with Crippen LogP contribution in [0.15, 0.2) is 58.7 Å². The van der Waals surface area contributed by atoms with E-state index in [9.17, 15) is 13.6 Å². The number of amides is 1. The molecule has 2 rings (SSSR count). The SMILES string of the molecule is N#C/C(=C/Nc1c(F)cccc1F)C(=O)Nc1ccc(Br)cc1. The van der Waals surface area contributed by atoms with Gasteiger partial charge in [0.1, 0.15) is 29.0 Å². The van der Waals surface area contributed by atoms with E-state index < -0.39 is 23.2 Å². The topological polar surface area (TPSA) is 64.9 Å². The van der Waals surface area contributed by atoms with Crippen molar-refractivity contribution < 1.29 is 13.6 Å². The van der Waals surface area contributed by atoms with Crippen molar-refractivity contribution in [1.82, 2.24) is 0 Å². The summed E-state index contributed by atoms with van der Waals surface area (Å²) in [5, 5.41) is 13.8. The van der Waals surface area contributed by atoms with Crippen LogP contribution in [0.3, 0.4) is 0 Å². The Hall–Kier alpha value is -2.72. The molecule has 23 heavy (non-hydrogen) atoms. The molecule has 0 saturated heterocycles. The van der Waals surface area contributed by atoms with Gasteiger partial charge in [0.25, 0.3) is 5.91 Å². The van der Waals surface area contributed by atoms with Crippen molar-refractivity contribution in [3.63, 3.8) is 0 Å². The van der Waals surface area contributed by atoms with Crippen LogP contribution in [0.4, 0.5) is 20.2 Å². The second kappa shape index (κ2) is 7.51. The van der Waals surface area contributed by atoms with Gasteiger partial charge in [-0.2, -0.15) is 5.26 Å². The van der Waals surface area contributed by atoms with Gasteiger partial charge in [-0.25, -0.2) is 8.78 Å². The number of para-hydroxylation sites is 1. The van der Waals surface area contributed by atoms with E-state index in [1.807, 2.05) is 0 Å². The Morgan fingerprint density at radius 3 is 2.30 bits per heavy atom. The van der Waals surface area contributed by atoms with Crippen LogP contribution in [0.2, 0.25) is 0 Å². The van der Waals surface area contributed by atoms with Crippen molar-refractivity contribution in [1.29, 1.82) is 5.26 Å². The Morgan fingerprint density at radius 1 is 1.13 bits per heavy atom. The van der Waals surface area contributed by atoms with E-state index in [-0.39, 0.29) is 5.57 Å². The third kappa shape index (κ3) is 4.37. The van der Waals surface area contributed by atoms with E-state index in [1.165, 1.54) is 6.07 Å². The van der Waals surface area contributed by atoms with Gasteiger partial charge in [0.2, 0.25) is 0 Å². The lowest BCUT2D eigenvalue weighted by Crippen LogP contribution is -2.14. The zero-order valence-corrected chi connectivity index (χ0v) is 13.2. The molecule has 7 heteroatoms. The number of nitrogens with zero attached hydrogens (tertiary/aromatic N) is 1. The minimum absolute atomic E-state index is 0.324. The molecule has 0 aliphatic carbocycles. The van der Waals surface area contributed by atoms with Gasteiger partial charge in [-0.05, 0) is 36.4 Å². The van der Waals surface area contributed by atoms with Crippen molar-refractivity contribution >= 4 is 33.2 Å². The van der Waals surface area contributed by atoms with E-state index in [2.05, 4.69) is 26.6 Å². The van der Waals surface area contributed by atoms with Gasteiger partial charge in [0.15, 0.2) is 0 Å². The maximum Gasteiger partial charge on any atom is 0.267 e. The van der Waals surface area contributed by atoms with Gasteiger partial charge < -0.3 is 10.6 Å². The van der Waals surface area contributed by atoms with Crippen LogP contribution in [0.25, 0.3) is 0 Å². The summed E-state index contributed by atoms with van der Waals surface area (Å²) in [5.41, 5.74) is -0.274. The summed E-state index contributed by atoms with van der Waals surface area (Å²) in [6.07, 6.45) is 0.954. The molecule has 0 saturated carbocycles. The number of anilines is 2. The minimum atomic E-state index is -0.827. The monoisotopic (exact) mass is 377 g/mol. The van der Waals surface area contributed by atoms with E-state index in [4.69, 9.17) is 5.26 Å². The maximum atomic E-state index is 13.5. The van der Waals surface area contributed by atoms with Gasteiger partial charge in [0.05, 0.1) is 0 Å². The Labute approximate surface area is 139 Å². The highest BCUT2D eigenvalue weighted by molar-refractivity contribution is 9.10. The van der Waals surface area contributed by atoms with Crippen LogP contribution in [-0.4, -0.2) is 5.91 Å². The summed E-state index contributed by atoms with van der Waals surface area (Å²) in [4.78, 5) is 12.0. The summed E-state index contributed by atoms with van der Waals surface area (Å²) in [6.45, 7) is 0. The predicted octanol–water partition coefficient (Wildman–Crippen LogP) is 4.19. The average Bonchev–Trinajstić information content (AvgIpc) is 2.52. The van der Waals surface area contributed by atoms with Gasteiger partial charge in [-0.1, -0.05) is 22.0 Å². The fourth-order valence-corrected chi connectivity index (χ4v) is 1.92. The van der Waals surface area contributed by atoms with Crippen LogP contribution in [-0.2, 0) is 4.79 Å². The second-order valence-electron chi connectivity index (χ2n) is 4.37. The molecule has 0 fully saturated rings. The van der Waals surface area contributed by atoms with Gasteiger partial charge in [-0.15, -0.1) is 0 Å². The molecule has 4 nitrogen and oxygen atoms in total. The van der Waals surface area contributed by atoms with Crippen LogP contribution in [0.5, 0.6) is 0 Å². The number of hydrogen-bond donors (Lipinski definition) is 2. The first-order valence-corrected chi connectivity index (χ1v) is 7.18. The molecule has 0 bridgehead atoms. The number of nitriles is 1. The highest BCUT2D eigenvalue weighted by Crippen LogP contribution is 2.19. The molecule has 0 atom stereocenters.